The summed E-state index contributed by atoms with van der Waals surface area (Å²) in [6, 6.07) is 0. The minimum absolute atomic E-state index is 0.00997. The molecule has 2 N–H and O–H groups in total. The van der Waals surface area contributed by atoms with E-state index in [2.05, 4.69) is 0 Å². The van der Waals surface area contributed by atoms with Crippen LogP contribution in [0.1, 0.15) is 0 Å². The SMILES string of the molecule is NCC(=O)C(OCC1CO1)C1CO1. The lowest BCUT2D eigenvalue weighted by Gasteiger charge is -2.12. The van der Waals surface area contributed by atoms with Gasteiger partial charge in [0.05, 0.1) is 26.4 Å². The second-order valence-corrected chi connectivity index (χ2v) is 3.25. The van der Waals surface area contributed by atoms with Gasteiger partial charge in [0.25, 0.3) is 0 Å². The van der Waals surface area contributed by atoms with Crippen molar-refractivity contribution in [3.63, 3.8) is 0 Å². The van der Waals surface area contributed by atoms with Crippen LogP contribution in [-0.2, 0) is 19.0 Å². The molecule has 13 heavy (non-hydrogen) atoms. The van der Waals surface area contributed by atoms with E-state index in [-0.39, 0.29) is 24.5 Å². The van der Waals surface area contributed by atoms with Crippen LogP contribution in [0.2, 0.25) is 0 Å². The third kappa shape index (κ3) is 2.47. The number of Topliss-reactive ketones (excluding diaryl/α,β-unsaturated/α-hetero) is 1. The number of carbonyl (C=O) groups excluding carboxylic acids is 1. The molecule has 2 heterocycles. The summed E-state index contributed by atoms with van der Waals surface area (Å²) in [5.74, 6) is -0.0943. The molecule has 0 saturated carbocycles. The van der Waals surface area contributed by atoms with Crippen molar-refractivity contribution in [1.82, 2.24) is 0 Å². The molecular formula is C8H13NO4. The van der Waals surface area contributed by atoms with Crippen LogP contribution in [0.15, 0.2) is 0 Å². The van der Waals surface area contributed by atoms with E-state index in [9.17, 15) is 4.79 Å². The van der Waals surface area contributed by atoms with Crippen LogP contribution >= 0.6 is 0 Å². The van der Waals surface area contributed by atoms with Gasteiger partial charge in [0.2, 0.25) is 0 Å². The van der Waals surface area contributed by atoms with Gasteiger partial charge in [-0.25, -0.2) is 0 Å². The number of rotatable bonds is 6. The molecule has 0 aromatic rings. The molecule has 0 aromatic carbocycles. The fourth-order valence-corrected chi connectivity index (χ4v) is 1.13. The van der Waals surface area contributed by atoms with E-state index in [0.29, 0.717) is 13.2 Å². The van der Waals surface area contributed by atoms with Crippen molar-refractivity contribution < 1.29 is 19.0 Å². The summed E-state index contributed by atoms with van der Waals surface area (Å²) >= 11 is 0. The number of ketones is 1. The number of nitrogens with two attached hydrogens (primary N) is 1. The second kappa shape index (κ2) is 3.71. The summed E-state index contributed by atoms with van der Waals surface area (Å²) in [6.45, 7) is 1.81. The first-order valence-corrected chi connectivity index (χ1v) is 4.39. The molecule has 2 saturated heterocycles. The molecule has 2 rings (SSSR count). The topological polar surface area (TPSA) is 77.4 Å². The Bertz CT molecular complexity index is 200. The lowest BCUT2D eigenvalue weighted by Crippen LogP contribution is -2.35. The summed E-state index contributed by atoms with van der Waals surface area (Å²) in [4.78, 5) is 11.3. The molecule has 0 radical (unpaired) electrons. The predicted octanol–water partition coefficient (Wildman–Crippen LogP) is -1.30. The Balaban J connectivity index is 1.77. The highest BCUT2D eigenvalue weighted by Crippen LogP contribution is 2.19. The Morgan fingerprint density at radius 1 is 1.54 bits per heavy atom. The normalized spacial score (nSPS) is 32.7. The van der Waals surface area contributed by atoms with Gasteiger partial charge in [0, 0.05) is 0 Å². The van der Waals surface area contributed by atoms with E-state index in [0.717, 1.165) is 6.61 Å². The Morgan fingerprint density at radius 3 is 2.69 bits per heavy atom. The molecule has 2 aliphatic rings. The highest BCUT2D eigenvalue weighted by molar-refractivity contribution is 5.85. The maximum absolute atomic E-state index is 11.3. The molecule has 2 fully saturated rings. The van der Waals surface area contributed by atoms with Crippen LogP contribution in [0.5, 0.6) is 0 Å². The molecule has 0 amide bonds. The maximum Gasteiger partial charge on any atom is 0.177 e. The Kier molecular flexibility index (Phi) is 2.59. The predicted molar refractivity (Wildman–Crippen MR) is 43.3 cm³/mol. The molecule has 5 heteroatoms. The molecule has 2 aliphatic heterocycles. The maximum atomic E-state index is 11.3. The van der Waals surface area contributed by atoms with Gasteiger partial charge in [0.15, 0.2) is 5.78 Å². The summed E-state index contributed by atoms with van der Waals surface area (Å²) in [5, 5.41) is 0. The van der Waals surface area contributed by atoms with Crippen LogP contribution in [0.4, 0.5) is 0 Å². The molecule has 5 nitrogen and oxygen atoms in total. The highest BCUT2D eigenvalue weighted by Gasteiger charge is 2.39. The number of hydrogen-bond donors (Lipinski definition) is 1. The van der Waals surface area contributed by atoms with Crippen molar-refractivity contribution in [3.8, 4) is 0 Å². The van der Waals surface area contributed by atoms with Gasteiger partial charge < -0.3 is 19.9 Å². The van der Waals surface area contributed by atoms with Crippen LogP contribution in [0.3, 0.4) is 0 Å². The van der Waals surface area contributed by atoms with Crippen LogP contribution in [-0.4, -0.2) is 50.5 Å². The van der Waals surface area contributed by atoms with Crippen molar-refractivity contribution in [2.45, 2.75) is 18.3 Å². The molecular weight excluding hydrogens is 174 g/mol. The van der Waals surface area contributed by atoms with E-state index >= 15 is 0 Å². The van der Waals surface area contributed by atoms with Crippen molar-refractivity contribution in [1.29, 1.82) is 0 Å². The average molecular weight is 187 g/mol. The molecule has 0 aliphatic carbocycles. The van der Waals surface area contributed by atoms with Crippen molar-refractivity contribution in [2.24, 2.45) is 5.73 Å². The molecule has 0 bridgehead atoms. The van der Waals surface area contributed by atoms with Crippen molar-refractivity contribution in [3.05, 3.63) is 0 Å². The summed E-state index contributed by atoms with van der Waals surface area (Å²) in [7, 11) is 0. The zero-order valence-corrected chi connectivity index (χ0v) is 7.27. The minimum Gasteiger partial charge on any atom is -0.371 e. The highest BCUT2D eigenvalue weighted by atomic mass is 16.6. The molecule has 0 spiro atoms. The standard InChI is InChI=1S/C8H13NO4/c9-1-6(10)8(7-4-12-7)13-3-5-2-11-5/h5,7-8H,1-4,9H2. The summed E-state index contributed by atoms with van der Waals surface area (Å²) < 4.78 is 15.3. The van der Waals surface area contributed by atoms with Crippen LogP contribution in [0, 0.1) is 0 Å². The summed E-state index contributed by atoms with van der Waals surface area (Å²) in [6.07, 6.45) is -0.379. The smallest absolute Gasteiger partial charge is 0.177 e. The van der Waals surface area contributed by atoms with Gasteiger partial charge in [-0.1, -0.05) is 0 Å². The third-order valence-corrected chi connectivity index (χ3v) is 2.08. The fraction of sp³-hybridized carbons (Fsp3) is 0.875. The number of carbonyl (C=O) groups is 1. The van der Waals surface area contributed by atoms with Gasteiger partial charge >= 0.3 is 0 Å². The van der Waals surface area contributed by atoms with Crippen molar-refractivity contribution in [2.75, 3.05) is 26.4 Å². The Hall–Kier alpha value is -0.490. The fourth-order valence-electron chi connectivity index (χ4n) is 1.13. The van der Waals surface area contributed by atoms with Crippen LogP contribution < -0.4 is 5.73 Å². The van der Waals surface area contributed by atoms with Gasteiger partial charge in [0.1, 0.15) is 18.3 Å². The van der Waals surface area contributed by atoms with Gasteiger partial charge in [-0.2, -0.15) is 0 Å². The van der Waals surface area contributed by atoms with Gasteiger partial charge in [-0.15, -0.1) is 0 Å². The van der Waals surface area contributed by atoms with Gasteiger partial charge in [-0.05, 0) is 0 Å². The van der Waals surface area contributed by atoms with E-state index in [1.165, 1.54) is 0 Å². The van der Waals surface area contributed by atoms with E-state index in [1.807, 2.05) is 0 Å². The largest absolute Gasteiger partial charge is 0.371 e. The minimum atomic E-state index is -0.478. The molecule has 74 valence electrons. The first kappa shape index (κ1) is 9.08. The average Bonchev–Trinajstić information content (AvgIpc) is 2.98. The van der Waals surface area contributed by atoms with Gasteiger partial charge in [-0.3, -0.25) is 4.79 Å². The zero-order valence-electron chi connectivity index (χ0n) is 7.27. The lowest BCUT2D eigenvalue weighted by atomic mass is 10.2. The van der Waals surface area contributed by atoms with Crippen molar-refractivity contribution >= 4 is 5.78 Å². The molecule has 3 atom stereocenters. The van der Waals surface area contributed by atoms with Crippen LogP contribution in [0.25, 0.3) is 0 Å². The third-order valence-electron chi connectivity index (χ3n) is 2.08. The van der Waals surface area contributed by atoms with E-state index < -0.39 is 6.10 Å². The second-order valence-electron chi connectivity index (χ2n) is 3.25. The Labute approximate surface area is 76.1 Å². The quantitative estimate of drug-likeness (QED) is 0.523. The van der Waals surface area contributed by atoms with E-state index in [4.69, 9.17) is 19.9 Å². The first-order valence-electron chi connectivity index (χ1n) is 4.39. The van der Waals surface area contributed by atoms with E-state index in [1.54, 1.807) is 0 Å². The zero-order chi connectivity index (χ0) is 9.26. The first-order chi connectivity index (χ1) is 6.31. The molecule has 3 unspecified atom stereocenters. The Morgan fingerprint density at radius 2 is 2.23 bits per heavy atom. The number of epoxide rings is 2. The lowest BCUT2D eigenvalue weighted by molar-refractivity contribution is -0.130. The monoisotopic (exact) mass is 187 g/mol. The number of hydrogen-bond acceptors (Lipinski definition) is 5. The summed E-state index contributed by atoms with van der Waals surface area (Å²) in [5.41, 5.74) is 5.24. The number of ether oxygens (including phenoxy) is 3. The molecule has 0 aromatic heterocycles.